The van der Waals surface area contributed by atoms with E-state index in [0.717, 1.165) is 6.42 Å². The third kappa shape index (κ3) is 2.54. The van der Waals surface area contributed by atoms with Gasteiger partial charge in [-0.15, -0.1) is 0 Å². The van der Waals surface area contributed by atoms with Crippen LogP contribution in [0.1, 0.15) is 27.2 Å². The number of carbonyl (C=O) groups excluding carboxylic acids is 1. The van der Waals surface area contributed by atoms with Gasteiger partial charge in [-0.2, -0.15) is 0 Å². The van der Waals surface area contributed by atoms with Crippen LogP contribution in [0.4, 0.5) is 4.79 Å². The van der Waals surface area contributed by atoms with Crippen LogP contribution in [0.15, 0.2) is 12.8 Å². The molecular weight excluding hydrogens is 162 g/mol. The smallest absolute Gasteiger partial charge is 0.301 e. The molecule has 1 amide bonds. The summed E-state index contributed by atoms with van der Waals surface area (Å²) in [5.74, 6) is 0. The summed E-state index contributed by atoms with van der Waals surface area (Å²) in [6, 6.07) is 0. The van der Waals surface area contributed by atoms with Crippen LogP contribution in [0.25, 0.3) is 0 Å². The summed E-state index contributed by atoms with van der Waals surface area (Å²) in [7, 11) is 0. The molecule has 0 aliphatic rings. The summed E-state index contributed by atoms with van der Waals surface area (Å²) < 4.78 is 0. The number of carbonyl (C=O) groups is 1. The second-order valence-corrected chi connectivity index (χ2v) is 3.29. The van der Waals surface area contributed by atoms with Crippen molar-refractivity contribution in [1.82, 2.24) is 4.90 Å². The van der Waals surface area contributed by atoms with E-state index in [9.17, 15) is 4.79 Å². The first-order chi connectivity index (χ1) is 4.95. The van der Waals surface area contributed by atoms with Gasteiger partial charge in [0.2, 0.25) is 0 Å². The van der Waals surface area contributed by atoms with Gasteiger partial charge in [0.25, 0.3) is 0 Å². The van der Waals surface area contributed by atoms with E-state index in [1.807, 2.05) is 20.8 Å². The fourth-order valence-corrected chi connectivity index (χ4v) is 1.02. The Kier molecular flexibility index (Phi) is 3.59. The molecule has 0 rings (SSSR count). The van der Waals surface area contributed by atoms with Crippen molar-refractivity contribution in [2.45, 2.75) is 32.7 Å². The van der Waals surface area contributed by atoms with Gasteiger partial charge in [-0.25, -0.2) is 0 Å². The summed E-state index contributed by atoms with van der Waals surface area (Å²) in [5.41, 5.74) is -0.236. The van der Waals surface area contributed by atoms with E-state index < -0.39 is 5.37 Å². The molecule has 3 heteroatoms. The van der Waals surface area contributed by atoms with Crippen molar-refractivity contribution < 1.29 is 4.79 Å². The van der Waals surface area contributed by atoms with E-state index in [0.29, 0.717) is 0 Å². The average Bonchev–Trinajstić information content (AvgIpc) is 1.88. The summed E-state index contributed by atoms with van der Waals surface area (Å²) in [6.45, 7) is 9.39. The van der Waals surface area contributed by atoms with E-state index in [-0.39, 0.29) is 5.54 Å². The molecule has 0 saturated carbocycles. The lowest BCUT2D eigenvalue weighted by molar-refractivity contribution is 0.189. The minimum absolute atomic E-state index is 0.236. The molecule has 0 aliphatic heterocycles. The Morgan fingerprint density at radius 1 is 1.73 bits per heavy atom. The highest BCUT2D eigenvalue weighted by Crippen LogP contribution is 2.20. The van der Waals surface area contributed by atoms with E-state index in [1.54, 1.807) is 0 Å². The monoisotopic (exact) mass is 175 g/mol. The van der Waals surface area contributed by atoms with Crippen molar-refractivity contribution in [1.29, 1.82) is 0 Å². The van der Waals surface area contributed by atoms with Gasteiger partial charge >= 0.3 is 5.37 Å². The van der Waals surface area contributed by atoms with Crippen LogP contribution in [-0.4, -0.2) is 15.8 Å². The molecule has 0 aromatic heterocycles. The van der Waals surface area contributed by atoms with Gasteiger partial charge in [-0.3, -0.25) is 4.79 Å². The normalized spacial score (nSPS) is 10.9. The van der Waals surface area contributed by atoms with Gasteiger partial charge < -0.3 is 4.90 Å². The Bertz CT molecular complexity index is 165. The van der Waals surface area contributed by atoms with Gasteiger partial charge in [-0.05, 0) is 31.9 Å². The molecular formula is C8H14ClNO. The topological polar surface area (TPSA) is 20.3 Å². The Labute approximate surface area is 72.8 Å². The molecule has 0 aromatic carbocycles. The molecule has 0 heterocycles. The lowest BCUT2D eigenvalue weighted by atomic mass is 10.0. The molecule has 2 nitrogen and oxygen atoms in total. The highest BCUT2D eigenvalue weighted by molar-refractivity contribution is 6.63. The van der Waals surface area contributed by atoms with Crippen LogP contribution in [0.3, 0.4) is 0 Å². The quantitative estimate of drug-likeness (QED) is 0.477. The van der Waals surface area contributed by atoms with Crippen LogP contribution in [0.2, 0.25) is 0 Å². The summed E-state index contributed by atoms with van der Waals surface area (Å²) in [4.78, 5) is 12.2. The van der Waals surface area contributed by atoms with Gasteiger partial charge in [-0.1, -0.05) is 13.5 Å². The molecule has 0 bridgehead atoms. The summed E-state index contributed by atoms with van der Waals surface area (Å²) in [6.07, 6.45) is 2.30. The molecule has 0 atom stereocenters. The van der Waals surface area contributed by atoms with E-state index >= 15 is 0 Å². The van der Waals surface area contributed by atoms with Crippen LogP contribution in [-0.2, 0) is 0 Å². The Hall–Kier alpha value is -0.500. The Morgan fingerprint density at radius 2 is 2.18 bits per heavy atom. The molecule has 0 N–H and O–H groups in total. The molecule has 11 heavy (non-hydrogen) atoms. The average molecular weight is 176 g/mol. The lowest BCUT2D eigenvalue weighted by Gasteiger charge is -2.33. The largest absolute Gasteiger partial charge is 0.320 e. The van der Waals surface area contributed by atoms with Gasteiger partial charge in [0, 0.05) is 11.7 Å². The molecule has 0 aromatic rings. The number of halogens is 1. The molecule has 64 valence electrons. The second kappa shape index (κ2) is 3.77. The highest BCUT2D eigenvalue weighted by Gasteiger charge is 2.25. The van der Waals surface area contributed by atoms with Crippen molar-refractivity contribution in [3.8, 4) is 0 Å². The number of nitrogens with zero attached hydrogens (tertiary/aromatic N) is 1. The second-order valence-electron chi connectivity index (χ2n) is 2.97. The maximum atomic E-state index is 10.8. The van der Waals surface area contributed by atoms with Gasteiger partial charge in [0.1, 0.15) is 0 Å². The predicted octanol–water partition coefficient (Wildman–Crippen LogP) is 2.98. The van der Waals surface area contributed by atoms with Gasteiger partial charge in [0.05, 0.1) is 0 Å². The van der Waals surface area contributed by atoms with Crippen molar-refractivity contribution in [2.24, 2.45) is 0 Å². The van der Waals surface area contributed by atoms with E-state index in [2.05, 4.69) is 6.58 Å². The number of amides is 1. The Balaban J connectivity index is 4.48. The van der Waals surface area contributed by atoms with E-state index in [1.165, 1.54) is 11.1 Å². The molecule has 0 spiro atoms. The number of rotatable bonds is 3. The lowest BCUT2D eigenvalue weighted by Crippen LogP contribution is -2.40. The first kappa shape index (κ1) is 10.5. The SMILES string of the molecule is C=CN(C(=O)Cl)C(C)(C)CC. The third-order valence-electron chi connectivity index (χ3n) is 1.89. The first-order valence-electron chi connectivity index (χ1n) is 3.57. The first-order valence-corrected chi connectivity index (χ1v) is 3.95. The zero-order chi connectivity index (χ0) is 9.07. The van der Waals surface area contributed by atoms with Crippen LogP contribution in [0, 0.1) is 0 Å². The van der Waals surface area contributed by atoms with Crippen molar-refractivity contribution in [2.75, 3.05) is 0 Å². The zero-order valence-corrected chi connectivity index (χ0v) is 7.98. The van der Waals surface area contributed by atoms with E-state index in [4.69, 9.17) is 11.6 Å². The standard InChI is InChI=1S/C8H14ClNO/c1-5-8(3,4)10(6-2)7(9)11/h6H,2,5H2,1,3-4H3. The molecule has 0 radical (unpaired) electrons. The Morgan fingerprint density at radius 3 is 2.27 bits per heavy atom. The number of hydrogen-bond acceptors (Lipinski definition) is 1. The van der Waals surface area contributed by atoms with Gasteiger partial charge in [0.15, 0.2) is 0 Å². The maximum Gasteiger partial charge on any atom is 0.320 e. The highest BCUT2D eigenvalue weighted by atomic mass is 35.5. The molecule has 0 fully saturated rings. The zero-order valence-electron chi connectivity index (χ0n) is 7.22. The van der Waals surface area contributed by atoms with Crippen molar-refractivity contribution >= 4 is 17.0 Å². The molecule has 0 saturated heterocycles. The fraction of sp³-hybridized carbons (Fsp3) is 0.625. The van der Waals surface area contributed by atoms with Crippen LogP contribution >= 0.6 is 11.6 Å². The summed E-state index contributed by atoms with van der Waals surface area (Å²) in [5, 5.41) is -0.480. The maximum absolute atomic E-state index is 10.8. The molecule has 0 aliphatic carbocycles. The third-order valence-corrected chi connectivity index (χ3v) is 2.07. The summed E-state index contributed by atoms with van der Waals surface area (Å²) >= 11 is 5.32. The van der Waals surface area contributed by atoms with Crippen LogP contribution < -0.4 is 0 Å². The number of hydrogen-bond donors (Lipinski definition) is 0. The van der Waals surface area contributed by atoms with Crippen LogP contribution in [0.5, 0.6) is 0 Å². The van der Waals surface area contributed by atoms with Crippen molar-refractivity contribution in [3.05, 3.63) is 12.8 Å². The molecule has 0 unspecified atom stereocenters. The fourth-order valence-electron chi connectivity index (χ4n) is 0.727. The minimum Gasteiger partial charge on any atom is -0.301 e. The van der Waals surface area contributed by atoms with Crippen molar-refractivity contribution in [3.63, 3.8) is 0 Å². The minimum atomic E-state index is -0.480. The predicted molar refractivity (Wildman–Crippen MR) is 47.7 cm³/mol.